The minimum Gasteiger partial charge on any atom is -0.374 e. The Balaban J connectivity index is 1.59. The van der Waals surface area contributed by atoms with Gasteiger partial charge >= 0.3 is 0 Å². The minimum absolute atomic E-state index is 0.0598. The molecule has 1 fully saturated rings. The average molecular weight is 291 g/mol. The highest BCUT2D eigenvalue weighted by Gasteiger charge is 2.20. The van der Waals surface area contributed by atoms with Gasteiger partial charge in [0, 0.05) is 26.2 Å². The smallest absolute Gasteiger partial charge is 0.234 e. The van der Waals surface area contributed by atoms with Crippen molar-refractivity contribution in [2.45, 2.75) is 18.9 Å². The van der Waals surface area contributed by atoms with Crippen molar-refractivity contribution < 1.29 is 9.53 Å². The maximum atomic E-state index is 11.9. The molecule has 0 saturated carbocycles. The Morgan fingerprint density at radius 2 is 2.19 bits per heavy atom. The Bertz CT molecular complexity index is 425. The fourth-order valence-corrected chi connectivity index (χ4v) is 2.49. The summed E-state index contributed by atoms with van der Waals surface area (Å²) in [5, 5.41) is 2.98. The lowest BCUT2D eigenvalue weighted by Gasteiger charge is -2.31. The van der Waals surface area contributed by atoms with E-state index in [4.69, 9.17) is 10.5 Å². The number of amides is 1. The molecule has 5 heteroatoms. The van der Waals surface area contributed by atoms with Gasteiger partial charge in [0.15, 0.2) is 0 Å². The van der Waals surface area contributed by atoms with E-state index >= 15 is 0 Å². The van der Waals surface area contributed by atoms with Gasteiger partial charge in [-0.15, -0.1) is 0 Å². The van der Waals surface area contributed by atoms with E-state index in [1.165, 1.54) is 5.56 Å². The number of benzene rings is 1. The number of nitrogens with two attached hydrogens (primary N) is 1. The van der Waals surface area contributed by atoms with E-state index in [0.717, 1.165) is 32.5 Å². The van der Waals surface area contributed by atoms with Crippen LogP contribution < -0.4 is 11.1 Å². The summed E-state index contributed by atoms with van der Waals surface area (Å²) in [7, 11) is 0. The summed E-state index contributed by atoms with van der Waals surface area (Å²) < 4.78 is 5.49. The topological polar surface area (TPSA) is 67.6 Å². The third kappa shape index (κ3) is 5.83. The molecule has 1 aromatic carbocycles. The van der Waals surface area contributed by atoms with E-state index in [1.807, 2.05) is 18.2 Å². The van der Waals surface area contributed by atoms with Gasteiger partial charge < -0.3 is 15.8 Å². The monoisotopic (exact) mass is 291 g/mol. The van der Waals surface area contributed by atoms with Crippen LogP contribution in [0.15, 0.2) is 30.3 Å². The molecule has 1 heterocycles. The molecule has 1 saturated heterocycles. The van der Waals surface area contributed by atoms with Crippen molar-refractivity contribution in [3.63, 3.8) is 0 Å². The van der Waals surface area contributed by atoms with Crippen LogP contribution in [-0.2, 0) is 16.0 Å². The van der Waals surface area contributed by atoms with Crippen molar-refractivity contribution in [1.82, 2.24) is 10.2 Å². The zero-order chi connectivity index (χ0) is 14.9. The highest BCUT2D eigenvalue weighted by atomic mass is 16.5. The van der Waals surface area contributed by atoms with Crippen LogP contribution in [0.4, 0.5) is 0 Å². The summed E-state index contributed by atoms with van der Waals surface area (Å²) in [6.07, 6.45) is 2.02. The molecule has 0 aliphatic carbocycles. The van der Waals surface area contributed by atoms with Crippen LogP contribution in [0, 0.1) is 0 Å². The van der Waals surface area contributed by atoms with Crippen LogP contribution in [0.25, 0.3) is 0 Å². The van der Waals surface area contributed by atoms with E-state index in [-0.39, 0.29) is 12.0 Å². The zero-order valence-corrected chi connectivity index (χ0v) is 12.5. The van der Waals surface area contributed by atoms with Crippen LogP contribution in [0.1, 0.15) is 12.0 Å². The van der Waals surface area contributed by atoms with E-state index < -0.39 is 0 Å². The first kappa shape index (κ1) is 15.9. The molecule has 0 spiro atoms. The lowest BCUT2D eigenvalue weighted by molar-refractivity contribution is -0.124. The van der Waals surface area contributed by atoms with Crippen LogP contribution in [0.5, 0.6) is 0 Å². The Hall–Kier alpha value is -1.43. The van der Waals surface area contributed by atoms with Gasteiger partial charge in [0.05, 0.1) is 19.3 Å². The van der Waals surface area contributed by atoms with Crippen molar-refractivity contribution in [3.8, 4) is 0 Å². The molecule has 116 valence electrons. The number of hydrogen-bond acceptors (Lipinski definition) is 4. The number of rotatable bonds is 7. The number of carbonyl (C=O) groups excluding carboxylic acids is 1. The number of nitrogens with zero attached hydrogens (tertiary/aromatic N) is 1. The van der Waals surface area contributed by atoms with Gasteiger partial charge in [-0.3, -0.25) is 9.69 Å². The fourth-order valence-electron chi connectivity index (χ4n) is 2.49. The number of nitrogens with one attached hydrogen (secondary N) is 1. The Morgan fingerprint density at radius 1 is 1.38 bits per heavy atom. The maximum absolute atomic E-state index is 11.9. The summed E-state index contributed by atoms with van der Waals surface area (Å²) in [5.74, 6) is 0.0840. The van der Waals surface area contributed by atoms with Crippen LogP contribution >= 0.6 is 0 Å². The standard InChI is InChI=1S/C16H25N3O2/c17-11-15-12-19(9-10-21-15)13-16(20)18-8-4-7-14-5-2-1-3-6-14/h1-3,5-6,15H,4,7-13,17H2,(H,18,20). The first-order valence-electron chi connectivity index (χ1n) is 7.62. The van der Waals surface area contributed by atoms with Gasteiger partial charge in [-0.05, 0) is 18.4 Å². The van der Waals surface area contributed by atoms with E-state index in [2.05, 4.69) is 22.3 Å². The molecule has 1 aliphatic heterocycles. The molecule has 21 heavy (non-hydrogen) atoms. The highest BCUT2D eigenvalue weighted by Crippen LogP contribution is 2.04. The molecule has 3 N–H and O–H groups in total. The van der Waals surface area contributed by atoms with Crippen LogP contribution in [0.2, 0.25) is 0 Å². The largest absolute Gasteiger partial charge is 0.374 e. The number of carbonyl (C=O) groups is 1. The van der Waals surface area contributed by atoms with Crippen LogP contribution in [-0.4, -0.2) is 56.2 Å². The van der Waals surface area contributed by atoms with E-state index in [1.54, 1.807) is 0 Å². The first-order chi connectivity index (χ1) is 10.3. The molecule has 1 aliphatic rings. The molecule has 2 rings (SSSR count). The lowest BCUT2D eigenvalue weighted by Crippen LogP contribution is -2.49. The minimum atomic E-state index is 0.0598. The molecule has 0 aromatic heterocycles. The quantitative estimate of drug-likeness (QED) is 0.713. The van der Waals surface area contributed by atoms with E-state index in [0.29, 0.717) is 19.7 Å². The van der Waals surface area contributed by atoms with Crippen molar-refractivity contribution in [3.05, 3.63) is 35.9 Å². The molecule has 1 amide bonds. The molecule has 0 radical (unpaired) electrons. The van der Waals surface area contributed by atoms with Crippen molar-refractivity contribution in [2.75, 3.05) is 39.3 Å². The second-order valence-corrected chi connectivity index (χ2v) is 5.40. The lowest BCUT2D eigenvalue weighted by atomic mass is 10.1. The SMILES string of the molecule is NCC1CN(CC(=O)NCCCc2ccccc2)CCO1. The van der Waals surface area contributed by atoms with Crippen molar-refractivity contribution in [2.24, 2.45) is 5.73 Å². The summed E-state index contributed by atoms with van der Waals surface area (Å²) in [5.41, 5.74) is 6.91. The number of hydrogen-bond donors (Lipinski definition) is 2. The van der Waals surface area contributed by atoms with Gasteiger partial charge in [-0.1, -0.05) is 30.3 Å². The van der Waals surface area contributed by atoms with Crippen molar-refractivity contribution >= 4 is 5.91 Å². The normalized spacial score (nSPS) is 19.4. The van der Waals surface area contributed by atoms with Crippen molar-refractivity contribution in [1.29, 1.82) is 0 Å². The molecular weight excluding hydrogens is 266 g/mol. The predicted octanol–water partition coefficient (Wildman–Crippen LogP) is 0.395. The molecule has 1 atom stereocenters. The summed E-state index contributed by atoms with van der Waals surface area (Å²) >= 11 is 0. The van der Waals surface area contributed by atoms with Gasteiger partial charge in [0.2, 0.25) is 5.91 Å². The van der Waals surface area contributed by atoms with Gasteiger partial charge in [-0.25, -0.2) is 0 Å². The Labute approximate surface area is 126 Å². The van der Waals surface area contributed by atoms with Gasteiger partial charge in [0.25, 0.3) is 0 Å². The Morgan fingerprint density at radius 3 is 2.95 bits per heavy atom. The third-order valence-corrected chi connectivity index (χ3v) is 3.66. The third-order valence-electron chi connectivity index (χ3n) is 3.66. The second kappa shape index (κ2) is 8.77. The summed E-state index contributed by atoms with van der Waals surface area (Å²) in [6, 6.07) is 10.3. The maximum Gasteiger partial charge on any atom is 0.234 e. The molecular formula is C16H25N3O2. The Kier molecular flexibility index (Phi) is 6.66. The van der Waals surface area contributed by atoms with Gasteiger partial charge in [-0.2, -0.15) is 0 Å². The average Bonchev–Trinajstić information content (AvgIpc) is 2.53. The summed E-state index contributed by atoms with van der Waals surface area (Å²) in [4.78, 5) is 14.0. The zero-order valence-electron chi connectivity index (χ0n) is 12.5. The summed E-state index contributed by atoms with van der Waals surface area (Å²) in [6.45, 7) is 3.86. The number of ether oxygens (including phenoxy) is 1. The molecule has 1 aromatic rings. The number of morpholine rings is 1. The van der Waals surface area contributed by atoms with E-state index in [9.17, 15) is 4.79 Å². The predicted molar refractivity (Wildman–Crippen MR) is 83.0 cm³/mol. The van der Waals surface area contributed by atoms with Crippen LogP contribution in [0.3, 0.4) is 0 Å². The highest BCUT2D eigenvalue weighted by molar-refractivity contribution is 5.77. The number of aryl methyl sites for hydroxylation is 1. The molecule has 5 nitrogen and oxygen atoms in total. The first-order valence-corrected chi connectivity index (χ1v) is 7.62. The molecule has 1 unspecified atom stereocenters. The molecule has 0 bridgehead atoms. The fraction of sp³-hybridized carbons (Fsp3) is 0.562. The second-order valence-electron chi connectivity index (χ2n) is 5.40. The van der Waals surface area contributed by atoms with Gasteiger partial charge in [0.1, 0.15) is 0 Å².